The number of β-amino-alcohol motifs (C(OH)–C–C–N with tert-alkyl or cyclic N) is 1. The molecule has 3 rings (SSSR count). The van der Waals surface area contributed by atoms with Crippen LogP contribution in [0.4, 0.5) is 0 Å². The third-order valence-electron chi connectivity index (χ3n) is 5.10. The van der Waals surface area contributed by atoms with Gasteiger partial charge in [0.15, 0.2) is 0 Å². The average Bonchev–Trinajstić information content (AvgIpc) is 2.75. The fourth-order valence-electron chi connectivity index (χ4n) is 3.45. The summed E-state index contributed by atoms with van der Waals surface area (Å²) in [5.74, 6) is -3.65. The van der Waals surface area contributed by atoms with Gasteiger partial charge in [0.05, 0.1) is 19.3 Å². The van der Waals surface area contributed by atoms with Gasteiger partial charge < -0.3 is 25.0 Å². The second-order valence-corrected chi connectivity index (χ2v) is 7.39. The molecule has 10 nitrogen and oxygen atoms in total. The molecular weight excluding hydrogens is 392 g/mol. The third-order valence-corrected chi connectivity index (χ3v) is 5.10. The highest BCUT2D eigenvalue weighted by Gasteiger charge is 2.21. The number of aliphatic carboxylic acids is 2. The van der Waals surface area contributed by atoms with Gasteiger partial charge in [-0.15, -0.1) is 0 Å². The zero-order valence-corrected chi connectivity index (χ0v) is 17.2. The van der Waals surface area contributed by atoms with E-state index in [0.717, 1.165) is 78.5 Å². The van der Waals surface area contributed by atoms with Crippen molar-refractivity contribution in [3.05, 3.63) is 30.1 Å². The Morgan fingerprint density at radius 1 is 0.933 bits per heavy atom. The zero-order chi connectivity index (χ0) is 21.8. The average molecular weight is 424 g/mol. The molecule has 3 heterocycles. The van der Waals surface area contributed by atoms with Gasteiger partial charge >= 0.3 is 11.9 Å². The minimum absolute atomic E-state index is 0.261. The minimum Gasteiger partial charge on any atom is -0.473 e. The Morgan fingerprint density at radius 2 is 1.50 bits per heavy atom. The minimum atomic E-state index is -1.82. The molecule has 30 heavy (non-hydrogen) atoms. The number of piperazine rings is 1. The largest absolute Gasteiger partial charge is 0.473 e. The van der Waals surface area contributed by atoms with E-state index in [-0.39, 0.29) is 6.10 Å². The van der Waals surface area contributed by atoms with E-state index in [1.165, 1.54) is 5.69 Å². The highest BCUT2D eigenvalue weighted by molar-refractivity contribution is 6.27. The number of aliphatic hydroxyl groups excluding tert-OH is 1. The summed E-state index contributed by atoms with van der Waals surface area (Å²) in [5.41, 5.74) is 1.17. The molecule has 1 unspecified atom stereocenters. The van der Waals surface area contributed by atoms with Gasteiger partial charge in [-0.05, 0) is 12.1 Å². The molecule has 0 amide bonds. The molecule has 10 heteroatoms. The summed E-state index contributed by atoms with van der Waals surface area (Å²) in [6, 6.07) is 6.11. The number of nitrogens with zero attached hydrogens (tertiary/aromatic N) is 4. The van der Waals surface area contributed by atoms with Crippen molar-refractivity contribution in [1.29, 1.82) is 0 Å². The van der Waals surface area contributed by atoms with E-state index >= 15 is 0 Å². The molecule has 0 saturated carbocycles. The molecule has 1 aromatic rings. The number of rotatable bonds is 7. The van der Waals surface area contributed by atoms with Crippen LogP contribution in [0.15, 0.2) is 24.4 Å². The molecule has 3 N–H and O–H groups in total. The van der Waals surface area contributed by atoms with Crippen LogP contribution in [0.5, 0.6) is 0 Å². The maximum Gasteiger partial charge on any atom is 0.414 e. The van der Waals surface area contributed by atoms with Crippen molar-refractivity contribution in [2.45, 2.75) is 12.5 Å². The third kappa shape index (κ3) is 9.59. The summed E-state index contributed by atoms with van der Waals surface area (Å²) in [6.07, 6.45) is 2.62. The monoisotopic (exact) mass is 424 g/mol. The number of morpholine rings is 1. The lowest BCUT2D eigenvalue weighted by Crippen LogP contribution is -2.51. The van der Waals surface area contributed by atoms with Crippen molar-refractivity contribution >= 4 is 11.9 Å². The molecule has 2 saturated heterocycles. The molecule has 0 aromatic carbocycles. The van der Waals surface area contributed by atoms with Crippen LogP contribution in [0.3, 0.4) is 0 Å². The lowest BCUT2D eigenvalue weighted by atomic mass is 10.2. The van der Waals surface area contributed by atoms with Crippen LogP contribution >= 0.6 is 0 Å². The zero-order valence-electron chi connectivity index (χ0n) is 17.2. The van der Waals surface area contributed by atoms with Crippen LogP contribution in [0, 0.1) is 0 Å². The normalized spacial score (nSPS) is 19.5. The molecule has 168 valence electrons. The number of ether oxygens (including phenoxy) is 1. The van der Waals surface area contributed by atoms with E-state index in [0.29, 0.717) is 0 Å². The SMILES string of the molecule is O=C(O)C(=O)O.OC(CN1CCOCC1)CN1CCN(CCc2ccccn2)CC1. The number of aromatic nitrogens is 1. The summed E-state index contributed by atoms with van der Waals surface area (Å²) in [6.45, 7) is 10.3. The van der Waals surface area contributed by atoms with Gasteiger partial charge in [-0.1, -0.05) is 6.07 Å². The van der Waals surface area contributed by atoms with Crippen LogP contribution in [-0.2, 0) is 20.7 Å². The molecule has 2 aliphatic heterocycles. The number of carboxylic acids is 2. The van der Waals surface area contributed by atoms with Crippen molar-refractivity contribution in [2.24, 2.45) is 0 Å². The number of carboxylic acid groups (broad SMARTS) is 2. The Kier molecular flexibility index (Phi) is 10.7. The first kappa shape index (κ1) is 24.2. The van der Waals surface area contributed by atoms with E-state index in [1.807, 2.05) is 12.3 Å². The van der Waals surface area contributed by atoms with Crippen LogP contribution < -0.4 is 0 Å². The number of aliphatic hydroxyl groups is 1. The summed E-state index contributed by atoms with van der Waals surface area (Å²) < 4.78 is 5.35. The lowest BCUT2D eigenvalue weighted by molar-refractivity contribution is -0.159. The topological polar surface area (TPSA) is 127 Å². The maximum atomic E-state index is 10.3. The summed E-state index contributed by atoms with van der Waals surface area (Å²) in [5, 5.41) is 25.1. The Balaban J connectivity index is 0.000000469. The highest BCUT2D eigenvalue weighted by Crippen LogP contribution is 2.06. The van der Waals surface area contributed by atoms with Gasteiger partial charge in [0.1, 0.15) is 0 Å². The summed E-state index contributed by atoms with van der Waals surface area (Å²) in [7, 11) is 0. The quantitative estimate of drug-likeness (QED) is 0.474. The first-order valence-corrected chi connectivity index (χ1v) is 10.2. The first-order chi connectivity index (χ1) is 14.4. The molecule has 2 aliphatic rings. The van der Waals surface area contributed by atoms with Crippen molar-refractivity contribution in [3.63, 3.8) is 0 Å². The molecule has 1 aromatic heterocycles. The van der Waals surface area contributed by atoms with Crippen LogP contribution in [0.2, 0.25) is 0 Å². The molecule has 0 spiro atoms. The standard InChI is InChI=1S/C18H30N4O2.C2H2O4/c23-18(16-22-11-13-24-14-12-22)15-21-9-7-20(8-10-21)6-4-17-3-1-2-5-19-17;3-1(4)2(5)6/h1-3,5,18,23H,4,6-16H2;(H,3,4)(H,5,6). The summed E-state index contributed by atoms with van der Waals surface area (Å²) >= 11 is 0. The Labute approximate surface area is 176 Å². The van der Waals surface area contributed by atoms with Crippen LogP contribution in [-0.4, -0.2) is 125 Å². The van der Waals surface area contributed by atoms with Gasteiger partial charge in [0.2, 0.25) is 0 Å². The smallest absolute Gasteiger partial charge is 0.414 e. The van der Waals surface area contributed by atoms with E-state index < -0.39 is 11.9 Å². The van der Waals surface area contributed by atoms with E-state index in [9.17, 15) is 5.11 Å². The number of hydrogen-bond donors (Lipinski definition) is 3. The van der Waals surface area contributed by atoms with Crippen molar-refractivity contribution in [2.75, 3.05) is 72.1 Å². The van der Waals surface area contributed by atoms with Gasteiger partial charge in [0.25, 0.3) is 0 Å². The van der Waals surface area contributed by atoms with Crippen molar-refractivity contribution in [1.82, 2.24) is 19.7 Å². The van der Waals surface area contributed by atoms with Crippen LogP contribution in [0.1, 0.15) is 5.69 Å². The molecular formula is C20H32N4O6. The fraction of sp³-hybridized carbons (Fsp3) is 0.650. The molecule has 1 atom stereocenters. The number of carbonyl (C=O) groups is 2. The predicted octanol–water partition coefficient (Wildman–Crippen LogP) is -0.910. The van der Waals surface area contributed by atoms with Gasteiger partial charge in [0, 0.05) is 77.2 Å². The number of pyridine rings is 1. The van der Waals surface area contributed by atoms with E-state index in [1.54, 1.807) is 0 Å². The van der Waals surface area contributed by atoms with E-state index in [2.05, 4.69) is 31.8 Å². The highest BCUT2D eigenvalue weighted by atomic mass is 16.5. The molecule has 0 radical (unpaired) electrons. The predicted molar refractivity (Wildman–Crippen MR) is 109 cm³/mol. The fourth-order valence-corrected chi connectivity index (χ4v) is 3.45. The van der Waals surface area contributed by atoms with Gasteiger partial charge in [-0.25, -0.2) is 9.59 Å². The van der Waals surface area contributed by atoms with E-state index in [4.69, 9.17) is 24.5 Å². The summed E-state index contributed by atoms with van der Waals surface area (Å²) in [4.78, 5) is 29.8. The lowest BCUT2D eigenvalue weighted by Gasteiger charge is -2.36. The second kappa shape index (κ2) is 13.2. The Morgan fingerprint density at radius 3 is 2.03 bits per heavy atom. The first-order valence-electron chi connectivity index (χ1n) is 10.2. The molecule has 2 fully saturated rings. The maximum absolute atomic E-state index is 10.3. The van der Waals surface area contributed by atoms with Gasteiger partial charge in [-0.2, -0.15) is 0 Å². The van der Waals surface area contributed by atoms with Gasteiger partial charge in [-0.3, -0.25) is 14.8 Å². The van der Waals surface area contributed by atoms with Crippen LogP contribution in [0.25, 0.3) is 0 Å². The molecule has 0 bridgehead atoms. The van der Waals surface area contributed by atoms with Crippen molar-refractivity contribution in [3.8, 4) is 0 Å². The molecule has 0 aliphatic carbocycles. The Bertz CT molecular complexity index is 621. The Hall–Kier alpha value is -2.11. The number of hydrogen-bond acceptors (Lipinski definition) is 8. The van der Waals surface area contributed by atoms with Crippen molar-refractivity contribution < 1.29 is 29.6 Å². The second-order valence-electron chi connectivity index (χ2n) is 7.39.